The molecule has 1 N–H and O–H groups in total. The molecule has 2 aliphatic rings. The molecule has 0 radical (unpaired) electrons. The lowest BCUT2D eigenvalue weighted by molar-refractivity contribution is 0.0932. The Bertz CT molecular complexity index is 680. The molecule has 1 amide bonds. The fourth-order valence-corrected chi connectivity index (χ4v) is 4.96. The fourth-order valence-electron chi connectivity index (χ4n) is 3.42. The number of ether oxygens (including phenoxy) is 1. The first-order valence-corrected chi connectivity index (χ1v) is 9.90. The molecule has 1 aromatic heterocycles. The van der Waals surface area contributed by atoms with Gasteiger partial charge in [-0.2, -0.15) is 4.31 Å². The number of aromatic nitrogens is 1. The number of carbonyl (C=O) groups excluding carboxylic acids is 1. The zero-order valence-electron chi connectivity index (χ0n) is 13.7. The van der Waals surface area contributed by atoms with Crippen molar-refractivity contribution in [2.45, 2.75) is 19.4 Å². The van der Waals surface area contributed by atoms with Gasteiger partial charge in [0.15, 0.2) is 0 Å². The molecule has 2 fully saturated rings. The van der Waals surface area contributed by atoms with E-state index in [2.05, 4.69) is 10.3 Å². The average molecular weight is 353 g/mol. The number of hydrogen-bond acceptors (Lipinski definition) is 5. The third-order valence-corrected chi connectivity index (χ3v) is 6.74. The molecule has 24 heavy (non-hydrogen) atoms. The molecule has 0 aliphatic carbocycles. The monoisotopic (exact) mass is 353 g/mol. The van der Waals surface area contributed by atoms with Gasteiger partial charge < -0.3 is 10.1 Å². The van der Waals surface area contributed by atoms with Crippen molar-refractivity contribution < 1.29 is 17.9 Å². The summed E-state index contributed by atoms with van der Waals surface area (Å²) < 4.78 is 31.7. The minimum Gasteiger partial charge on any atom is -0.376 e. The van der Waals surface area contributed by atoms with Gasteiger partial charge in [0.2, 0.25) is 10.0 Å². The Kier molecular flexibility index (Phi) is 5.17. The summed E-state index contributed by atoms with van der Waals surface area (Å²) in [6.07, 6.45) is 3.72. The second kappa shape index (κ2) is 7.16. The number of amides is 1. The van der Waals surface area contributed by atoms with E-state index in [4.69, 9.17) is 4.74 Å². The smallest absolute Gasteiger partial charge is 0.251 e. The normalized spacial score (nSPS) is 27.1. The van der Waals surface area contributed by atoms with E-state index in [1.54, 1.807) is 28.8 Å². The van der Waals surface area contributed by atoms with Crippen molar-refractivity contribution in [1.29, 1.82) is 0 Å². The van der Waals surface area contributed by atoms with Crippen molar-refractivity contribution in [3.05, 3.63) is 30.1 Å². The van der Waals surface area contributed by atoms with Crippen molar-refractivity contribution >= 4 is 15.9 Å². The number of nitrogens with zero attached hydrogens (tertiary/aromatic N) is 2. The molecule has 3 rings (SSSR count). The summed E-state index contributed by atoms with van der Waals surface area (Å²) in [6, 6.07) is 3.33. The second-order valence-corrected chi connectivity index (χ2v) is 8.46. The first kappa shape index (κ1) is 17.3. The number of nitrogens with one attached hydrogen (secondary N) is 1. The number of rotatable bonds is 6. The predicted octanol–water partition coefficient (Wildman–Crippen LogP) is 0.498. The molecule has 8 heteroatoms. The van der Waals surface area contributed by atoms with Crippen LogP contribution in [0.15, 0.2) is 24.5 Å². The molecule has 0 spiro atoms. The van der Waals surface area contributed by atoms with Gasteiger partial charge in [-0.3, -0.25) is 9.78 Å². The van der Waals surface area contributed by atoms with Crippen LogP contribution in [0.25, 0.3) is 0 Å². The highest BCUT2D eigenvalue weighted by Crippen LogP contribution is 2.34. The molecule has 0 unspecified atom stereocenters. The van der Waals surface area contributed by atoms with Crippen LogP contribution in [0.5, 0.6) is 0 Å². The Morgan fingerprint density at radius 1 is 1.38 bits per heavy atom. The number of sulfonamides is 1. The van der Waals surface area contributed by atoms with Gasteiger partial charge in [0, 0.05) is 49.4 Å². The van der Waals surface area contributed by atoms with Crippen molar-refractivity contribution in [1.82, 2.24) is 14.6 Å². The van der Waals surface area contributed by atoms with Gasteiger partial charge in [0.1, 0.15) is 0 Å². The van der Waals surface area contributed by atoms with Crippen LogP contribution >= 0.6 is 0 Å². The Labute approximate surface area is 142 Å². The summed E-state index contributed by atoms with van der Waals surface area (Å²) in [5.41, 5.74) is 0.569. The van der Waals surface area contributed by atoms with Gasteiger partial charge >= 0.3 is 0 Å². The standard InChI is InChI=1S/C16H23N3O4S/c1-2-7-24(21,22)19-9-14-13(11-23-15(14)10-19)8-18-16(20)12-3-5-17-6-4-12/h3-6,13-15H,2,7-11H2,1H3,(H,18,20)/t13-,14+,15+/m0/s1. The molecule has 0 bridgehead atoms. The first-order chi connectivity index (χ1) is 11.5. The van der Waals surface area contributed by atoms with E-state index in [1.165, 1.54) is 0 Å². The number of carbonyl (C=O) groups is 1. The lowest BCUT2D eigenvalue weighted by Crippen LogP contribution is -2.36. The van der Waals surface area contributed by atoms with Crippen LogP contribution in [-0.2, 0) is 14.8 Å². The van der Waals surface area contributed by atoms with Gasteiger partial charge in [0.25, 0.3) is 5.91 Å². The number of fused-ring (bicyclic) bond motifs is 1. The molecule has 3 atom stereocenters. The molecule has 2 saturated heterocycles. The van der Waals surface area contributed by atoms with Crippen molar-refractivity contribution in [3.63, 3.8) is 0 Å². The molecular weight excluding hydrogens is 330 g/mol. The van der Waals surface area contributed by atoms with E-state index in [9.17, 15) is 13.2 Å². The van der Waals surface area contributed by atoms with Crippen LogP contribution in [0.4, 0.5) is 0 Å². The Hall–Kier alpha value is -1.51. The van der Waals surface area contributed by atoms with Gasteiger partial charge in [0.05, 0.1) is 18.5 Å². The number of pyridine rings is 1. The van der Waals surface area contributed by atoms with Crippen LogP contribution in [0.3, 0.4) is 0 Å². The summed E-state index contributed by atoms with van der Waals surface area (Å²) in [5, 5.41) is 2.92. The fraction of sp³-hybridized carbons (Fsp3) is 0.625. The quantitative estimate of drug-likeness (QED) is 0.804. The van der Waals surface area contributed by atoms with Gasteiger partial charge in [-0.1, -0.05) is 6.92 Å². The summed E-state index contributed by atoms with van der Waals surface area (Å²) in [5.74, 6) is 0.321. The van der Waals surface area contributed by atoms with Crippen LogP contribution in [0, 0.1) is 11.8 Å². The Morgan fingerprint density at radius 2 is 2.12 bits per heavy atom. The van der Waals surface area contributed by atoms with Gasteiger partial charge in [-0.15, -0.1) is 0 Å². The summed E-state index contributed by atoms with van der Waals surface area (Å²) in [6.45, 7) is 3.84. The summed E-state index contributed by atoms with van der Waals surface area (Å²) in [7, 11) is -3.19. The third-order valence-electron chi connectivity index (χ3n) is 4.73. The van der Waals surface area contributed by atoms with Crippen LogP contribution in [-0.4, -0.2) is 61.7 Å². The van der Waals surface area contributed by atoms with Crippen LogP contribution in [0.1, 0.15) is 23.7 Å². The largest absolute Gasteiger partial charge is 0.376 e. The van der Waals surface area contributed by atoms with Crippen molar-refractivity contribution in [3.8, 4) is 0 Å². The average Bonchev–Trinajstić information content (AvgIpc) is 3.15. The van der Waals surface area contributed by atoms with E-state index in [0.717, 1.165) is 0 Å². The second-order valence-electron chi connectivity index (χ2n) is 6.37. The first-order valence-electron chi connectivity index (χ1n) is 8.29. The maximum absolute atomic E-state index is 12.2. The van der Waals surface area contributed by atoms with Crippen molar-refractivity contribution in [2.24, 2.45) is 11.8 Å². The van der Waals surface area contributed by atoms with E-state index in [1.807, 2.05) is 6.92 Å². The van der Waals surface area contributed by atoms with E-state index >= 15 is 0 Å². The van der Waals surface area contributed by atoms with Gasteiger partial charge in [-0.25, -0.2) is 8.42 Å². The number of hydrogen-bond donors (Lipinski definition) is 1. The predicted molar refractivity (Wildman–Crippen MR) is 88.9 cm³/mol. The highest BCUT2D eigenvalue weighted by atomic mass is 32.2. The highest BCUT2D eigenvalue weighted by Gasteiger charge is 2.46. The van der Waals surface area contributed by atoms with E-state index in [0.29, 0.717) is 38.2 Å². The molecular formula is C16H23N3O4S. The third kappa shape index (κ3) is 3.60. The Balaban J connectivity index is 1.56. The maximum Gasteiger partial charge on any atom is 0.251 e. The van der Waals surface area contributed by atoms with E-state index in [-0.39, 0.29) is 29.6 Å². The Morgan fingerprint density at radius 3 is 2.83 bits per heavy atom. The lowest BCUT2D eigenvalue weighted by atomic mass is 9.93. The zero-order valence-corrected chi connectivity index (χ0v) is 14.5. The van der Waals surface area contributed by atoms with Crippen molar-refractivity contribution in [2.75, 3.05) is 32.0 Å². The van der Waals surface area contributed by atoms with Crippen LogP contribution < -0.4 is 5.32 Å². The molecule has 0 saturated carbocycles. The minimum absolute atomic E-state index is 0.0561. The minimum atomic E-state index is -3.19. The van der Waals surface area contributed by atoms with E-state index < -0.39 is 10.0 Å². The SMILES string of the molecule is CCCS(=O)(=O)N1C[C@@H]2[C@@H](CNC(=O)c3ccncc3)CO[C@@H]2C1. The maximum atomic E-state index is 12.2. The van der Waals surface area contributed by atoms with Crippen LogP contribution in [0.2, 0.25) is 0 Å². The lowest BCUT2D eigenvalue weighted by Gasteiger charge is -2.19. The molecule has 0 aromatic carbocycles. The molecule has 132 valence electrons. The molecule has 1 aromatic rings. The molecule has 7 nitrogen and oxygen atoms in total. The topological polar surface area (TPSA) is 88.6 Å². The van der Waals surface area contributed by atoms with Gasteiger partial charge in [-0.05, 0) is 18.6 Å². The molecule has 2 aliphatic heterocycles. The highest BCUT2D eigenvalue weighted by molar-refractivity contribution is 7.89. The summed E-state index contributed by atoms with van der Waals surface area (Å²) >= 11 is 0. The molecule has 3 heterocycles. The summed E-state index contributed by atoms with van der Waals surface area (Å²) in [4.78, 5) is 16.0. The zero-order chi connectivity index (χ0) is 17.2.